The van der Waals surface area contributed by atoms with Gasteiger partial charge in [-0.1, -0.05) is 35.3 Å². The van der Waals surface area contributed by atoms with Crippen LogP contribution < -0.4 is 0 Å². The van der Waals surface area contributed by atoms with Crippen LogP contribution in [0.3, 0.4) is 0 Å². The molecule has 1 aromatic heterocycles. The number of halogens is 2. The molecule has 1 heterocycles. The third kappa shape index (κ3) is 3.06. The van der Waals surface area contributed by atoms with E-state index in [4.69, 9.17) is 28.3 Å². The van der Waals surface area contributed by atoms with E-state index in [1.165, 1.54) is 0 Å². The molecule has 0 saturated heterocycles. The standard InChI is InChI=1S/C14H11Cl2NO2/c1-8-5-6-9(7-12(18)19)14(17-8)13-10(15)3-2-4-11(13)16/h2-6H,7H2,1H3,(H,18,19). The SMILES string of the molecule is Cc1ccc(CC(=O)O)c(-c2c(Cl)cccc2Cl)n1. The van der Waals surface area contributed by atoms with Crippen LogP contribution in [0.5, 0.6) is 0 Å². The van der Waals surface area contributed by atoms with Gasteiger partial charge < -0.3 is 5.11 Å². The molecule has 1 N–H and O–H groups in total. The average molecular weight is 296 g/mol. The van der Waals surface area contributed by atoms with Gasteiger partial charge in [-0.05, 0) is 30.7 Å². The third-order valence-electron chi connectivity index (χ3n) is 2.66. The summed E-state index contributed by atoms with van der Waals surface area (Å²) in [5, 5.41) is 9.86. The lowest BCUT2D eigenvalue weighted by Crippen LogP contribution is -2.04. The van der Waals surface area contributed by atoms with Crippen molar-refractivity contribution in [2.45, 2.75) is 13.3 Å². The van der Waals surface area contributed by atoms with Crippen LogP contribution in [0.15, 0.2) is 30.3 Å². The lowest BCUT2D eigenvalue weighted by molar-refractivity contribution is -0.136. The number of aliphatic carboxylic acids is 1. The second-order valence-corrected chi connectivity index (χ2v) is 4.94. The Labute approximate surface area is 120 Å². The summed E-state index contributed by atoms with van der Waals surface area (Å²) in [5.41, 5.74) is 2.47. The fourth-order valence-electron chi connectivity index (χ4n) is 1.83. The van der Waals surface area contributed by atoms with E-state index < -0.39 is 5.97 Å². The molecule has 0 bridgehead atoms. The number of hydrogen-bond acceptors (Lipinski definition) is 2. The molecule has 0 saturated carbocycles. The molecule has 0 atom stereocenters. The minimum atomic E-state index is -0.921. The summed E-state index contributed by atoms with van der Waals surface area (Å²) in [6.45, 7) is 1.83. The quantitative estimate of drug-likeness (QED) is 0.931. The van der Waals surface area contributed by atoms with E-state index in [0.717, 1.165) is 5.69 Å². The summed E-state index contributed by atoms with van der Waals surface area (Å²) >= 11 is 12.3. The largest absolute Gasteiger partial charge is 0.481 e. The molecule has 5 heteroatoms. The monoisotopic (exact) mass is 295 g/mol. The molecule has 2 rings (SSSR count). The van der Waals surface area contributed by atoms with E-state index in [-0.39, 0.29) is 6.42 Å². The van der Waals surface area contributed by atoms with Gasteiger partial charge >= 0.3 is 5.97 Å². The van der Waals surface area contributed by atoms with Gasteiger partial charge in [0, 0.05) is 11.3 Å². The highest BCUT2D eigenvalue weighted by Crippen LogP contribution is 2.35. The number of nitrogens with zero attached hydrogens (tertiary/aromatic N) is 1. The van der Waals surface area contributed by atoms with Crippen molar-refractivity contribution in [1.29, 1.82) is 0 Å². The molecule has 0 fully saturated rings. The molecule has 0 amide bonds. The second-order valence-electron chi connectivity index (χ2n) is 4.13. The van der Waals surface area contributed by atoms with Crippen molar-refractivity contribution in [1.82, 2.24) is 4.98 Å². The first kappa shape index (κ1) is 13.8. The highest BCUT2D eigenvalue weighted by molar-refractivity contribution is 6.39. The maximum Gasteiger partial charge on any atom is 0.307 e. The van der Waals surface area contributed by atoms with Gasteiger partial charge in [0.25, 0.3) is 0 Å². The van der Waals surface area contributed by atoms with Gasteiger partial charge in [-0.25, -0.2) is 0 Å². The zero-order chi connectivity index (χ0) is 14.0. The zero-order valence-electron chi connectivity index (χ0n) is 10.2. The minimum Gasteiger partial charge on any atom is -0.481 e. The molecule has 0 radical (unpaired) electrons. The molecular weight excluding hydrogens is 285 g/mol. The fourth-order valence-corrected chi connectivity index (χ4v) is 2.41. The molecule has 0 spiro atoms. The normalized spacial score (nSPS) is 10.5. The maximum atomic E-state index is 10.9. The average Bonchev–Trinajstić information content (AvgIpc) is 2.31. The Morgan fingerprint density at radius 2 is 1.84 bits per heavy atom. The number of carboxylic acids is 1. The van der Waals surface area contributed by atoms with E-state index in [2.05, 4.69) is 4.98 Å². The van der Waals surface area contributed by atoms with Gasteiger partial charge in [-0.3, -0.25) is 9.78 Å². The molecule has 0 aliphatic heterocycles. The number of benzene rings is 1. The molecule has 0 aliphatic carbocycles. The number of carboxylic acid groups (broad SMARTS) is 1. The van der Waals surface area contributed by atoms with Crippen molar-refractivity contribution in [3.8, 4) is 11.3 Å². The van der Waals surface area contributed by atoms with Gasteiger partial charge in [0.1, 0.15) is 0 Å². The van der Waals surface area contributed by atoms with Gasteiger partial charge in [-0.2, -0.15) is 0 Å². The highest BCUT2D eigenvalue weighted by Gasteiger charge is 2.16. The first-order valence-corrected chi connectivity index (χ1v) is 6.37. The van der Waals surface area contributed by atoms with E-state index in [1.54, 1.807) is 30.3 Å². The summed E-state index contributed by atoms with van der Waals surface area (Å²) in [6.07, 6.45) is -0.121. The Balaban J connectivity index is 2.66. The minimum absolute atomic E-state index is 0.121. The molecular formula is C14H11Cl2NO2. The topological polar surface area (TPSA) is 50.2 Å². The first-order valence-electron chi connectivity index (χ1n) is 5.61. The fraction of sp³-hybridized carbons (Fsp3) is 0.143. The van der Waals surface area contributed by atoms with Crippen LogP contribution in [0.25, 0.3) is 11.3 Å². The van der Waals surface area contributed by atoms with Crippen molar-refractivity contribution in [3.05, 3.63) is 51.6 Å². The first-order chi connectivity index (χ1) is 8.99. The van der Waals surface area contributed by atoms with Crippen molar-refractivity contribution in [2.24, 2.45) is 0 Å². The Hall–Kier alpha value is -1.58. The van der Waals surface area contributed by atoms with Gasteiger partial charge in [0.15, 0.2) is 0 Å². The molecule has 0 aliphatic rings. The number of carbonyl (C=O) groups is 1. The maximum absolute atomic E-state index is 10.9. The molecule has 1 aromatic carbocycles. The van der Waals surface area contributed by atoms with Crippen LogP contribution in [0.4, 0.5) is 0 Å². The molecule has 98 valence electrons. The van der Waals surface area contributed by atoms with Crippen molar-refractivity contribution in [3.63, 3.8) is 0 Å². The van der Waals surface area contributed by atoms with Crippen molar-refractivity contribution in [2.75, 3.05) is 0 Å². The number of aromatic nitrogens is 1. The Kier molecular flexibility index (Phi) is 4.08. The van der Waals surface area contributed by atoms with Crippen LogP contribution in [0.2, 0.25) is 10.0 Å². The van der Waals surface area contributed by atoms with Gasteiger partial charge in [0.05, 0.1) is 22.2 Å². The molecule has 3 nitrogen and oxygen atoms in total. The summed E-state index contributed by atoms with van der Waals surface area (Å²) in [6, 6.07) is 8.66. The van der Waals surface area contributed by atoms with Crippen LogP contribution in [0, 0.1) is 6.92 Å². The number of aryl methyl sites for hydroxylation is 1. The van der Waals surface area contributed by atoms with E-state index in [1.807, 2.05) is 6.92 Å². The summed E-state index contributed by atoms with van der Waals surface area (Å²) in [7, 11) is 0. The van der Waals surface area contributed by atoms with Gasteiger partial charge in [-0.15, -0.1) is 0 Å². The lowest BCUT2D eigenvalue weighted by Gasteiger charge is -2.11. The zero-order valence-corrected chi connectivity index (χ0v) is 11.7. The van der Waals surface area contributed by atoms with Gasteiger partial charge in [0.2, 0.25) is 0 Å². The summed E-state index contributed by atoms with van der Waals surface area (Å²) in [5.74, 6) is -0.921. The number of hydrogen-bond donors (Lipinski definition) is 1. The summed E-state index contributed by atoms with van der Waals surface area (Å²) < 4.78 is 0. The molecule has 19 heavy (non-hydrogen) atoms. The second kappa shape index (κ2) is 5.59. The van der Waals surface area contributed by atoms with E-state index >= 15 is 0 Å². The Bertz CT molecular complexity index is 621. The molecule has 0 unspecified atom stereocenters. The Morgan fingerprint density at radius 3 is 2.42 bits per heavy atom. The lowest BCUT2D eigenvalue weighted by atomic mass is 10.0. The Morgan fingerprint density at radius 1 is 1.21 bits per heavy atom. The van der Waals surface area contributed by atoms with Crippen molar-refractivity contribution < 1.29 is 9.90 Å². The van der Waals surface area contributed by atoms with Crippen LogP contribution in [0.1, 0.15) is 11.3 Å². The van der Waals surface area contributed by atoms with E-state index in [9.17, 15) is 4.79 Å². The molecule has 2 aromatic rings. The number of pyridine rings is 1. The van der Waals surface area contributed by atoms with Crippen LogP contribution >= 0.6 is 23.2 Å². The predicted molar refractivity (Wildman–Crippen MR) is 75.8 cm³/mol. The highest BCUT2D eigenvalue weighted by atomic mass is 35.5. The smallest absolute Gasteiger partial charge is 0.307 e. The van der Waals surface area contributed by atoms with E-state index in [0.29, 0.717) is 26.9 Å². The number of rotatable bonds is 3. The summed E-state index contributed by atoms with van der Waals surface area (Å²) in [4.78, 5) is 15.3. The van der Waals surface area contributed by atoms with Crippen LogP contribution in [-0.2, 0) is 11.2 Å². The third-order valence-corrected chi connectivity index (χ3v) is 3.29. The van der Waals surface area contributed by atoms with Crippen molar-refractivity contribution >= 4 is 29.2 Å². The van der Waals surface area contributed by atoms with Crippen LogP contribution in [-0.4, -0.2) is 16.1 Å². The predicted octanol–water partition coefficient (Wildman–Crippen LogP) is 3.99.